The quantitative estimate of drug-likeness (QED) is 0.302. The lowest BCUT2D eigenvalue weighted by molar-refractivity contribution is -0.0304. The molecule has 4 aliphatic heterocycles. The van der Waals surface area contributed by atoms with Gasteiger partial charge in [0.05, 0.1) is 26.4 Å². The zero-order valence-electron chi connectivity index (χ0n) is 24.1. The summed E-state index contributed by atoms with van der Waals surface area (Å²) >= 11 is 0. The van der Waals surface area contributed by atoms with Crippen molar-refractivity contribution in [3.63, 3.8) is 0 Å². The first-order chi connectivity index (χ1) is 20.6. The Morgan fingerprint density at radius 1 is 0.548 bits per heavy atom. The molecule has 0 amide bonds. The van der Waals surface area contributed by atoms with E-state index in [9.17, 15) is 0 Å². The van der Waals surface area contributed by atoms with Crippen molar-refractivity contribution in [3.05, 3.63) is 47.5 Å². The standard InChI is InChI=1S/C34H40O8/c1-3-27(31(41-18-25-14-37-25)29(5-1)39-16-23-12-35-23)33-8-21-7-22(9-33)11-34(10-21,20-33)28-4-2-6-30(40-17-24-13-36-24)32(28)42-19-26-15-38-26/h1-6,21-26H,7-20H2. The molecule has 2 aromatic carbocycles. The normalized spacial score (nSPS) is 38.2. The number of benzene rings is 2. The summed E-state index contributed by atoms with van der Waals surface area (Å²) in [4.78, 5) is 0. The number of hydrogen-bond donors (Lipinski definition) is 0. The van der Waals surface area contributed by atoms with Gasteiger partial charge in [-0.1, -0.05) is 24.3 Å². The maximum atomic E-state index is 6.59. The van der Waals surface area contributed by atoms with E-state index in [-0.39, 0.29) is 35.2 Å². The third kappa shape index (κ3) is 5.04. The summed E-state index contributed by atoms with van der Waals surface area (Å²) in [5, 5.41) is 0. The lowest BCUT2D eigenvalue weighted by Crippen LogP contribution is -2.56. The monoisotopic (exact) mass is 576 g/mol. The average Bonchev–Trinajstić information content (AvgIpc) is 3.81. The smallest absolute Gasteiger partial charge is 0.165 e. The molecule has 8 aliphatic rings. The Morgan fingerprint density at radius 2 is 0.929 bits per heavy atom. The van der Waals surface area contributed by atoms with E-state index in [0.717, 1.165) is 55.8 Å². The summed E-state index contributed by atoms with van der Waals surface area (Å²) in [6.45, 7) is 5.33. The van der Waals surface area contributed by atoms with Crippen molar-refractivity contribution in [2.75, 3.05) is 52.9 Å². The van der Waals surface area contributed by atoms with Crippen molar-refractivity contribution in [2.45, 2.75) is 73.8 Å². The second-order valence-electron chi connectivity index (χ2n) is 13.9. The number of epoxide rings is 4. The molecule has 4 heterocycles. The van der Waals surface area contributed by atoms with Crippen LogP contribution in [0.3, 0.4) is 0 Å². The van der Waals surface area contributed by atoms with Crippen molar-refractivity contribution >= 4 is 0 Å². The van der Waals surface area contributed by atoms with Crippen LogP contribution in [0.2, 0.25) is 0 Å². The maximum Gasteiger partial charge on any atom is 0.165 e. The fourth-order valence-corrected chi connectivity index (χ4v) is 8.66. The Bertz CT molecular complexity index is 1220. The molecule has 0 spiro atoms. The van der Waals surface area contributed by atoms with Crippen molar-refractivity contribution in [3.8, 4) is 23.0 Å². The van der Waals surface area contributed by atoms with Gasteiger partial charge in [0.2, 0.25) is 0 Å². The van der Waals surface area contributed by atoms with Gasteiger partial charge in [-0.3, -0.25) is 0 Å². The highest BCUT2D eigenvalue weighted by atomic mass is 16.6. The third-order valence-corrected chi connectivity index (χ3v) is 10.4. The second-order valence-corrected chi connectivity index (χ2v) is 13.9. The van der Waals surface area contributed by atoms with Gasteiger partial charge in [-0.15, -0.1) is 0 Å². The van der Waals surface area contributed by atoms with Gasteiger partial charge in [0.25, 0.3) is 0 Å². The van der Waals surface area contributed by atoms with Gasteiger partial charge in [-0.25, -0.2) is 0 Å². The van der Waals surface area contributed by atoms with Crippen molar-refractivity contribution in [1.29, 1.82) is 0 Å². The summed E-state index contributed by atoms with van der Waals surface area (Å²) in [7, 11) is 0. The van der Waals surface area contributed by atoms with E-state index in [1.165, 1.54) is 43.2 Å². The summed E-state index contributed by atoms with van der Waals surface area (Å²) in [6.07, 6.45) is 7.90. The SMILES string of the molecule is c1cc(OCC2CO2)c(OCC2CO2)c(C23CC4CC(C2)CC(c2cccc(OCC5CO5)c2OCC2CO2)(C4)C3)c1. The molecular formula is C34H40O8. The zero-order valence-corrected chi connectivity index (χ0v) is 24.1. The minimum Gasteiger partial charge on any atom is -0.487 e. The Labute approximate surface area is 246 Å². The molecule has 42 heavy (non-hydrogen) atoms. The van der Waals surface area contributed by atoms with Gasteiger partial charge >= 0.3 is 0 Å². The number of ether oxygens (including phenoxy) is 8. The Morgan fingerprint density at radius 3 is 1.31 bits per heavy atom. The molecule has 0 radical (unpaired) electrons. The minimum atomic E-state index is 0.0227. The number of rotatable bonds is 14. The molecule has 0 aromatic heterocycles. The molecule has 4 atom stereocenters. The van der Waals surface area contributed by atoms with Crippen molar-refractivity contribution in [1.82, 2.24) is 0 Å². The van der Waals surface area contributed by atoms with Crippen LogP contribution in [-0.4, -0.2) is 77.3 Å². The highest BCUT2D eigenvalue weighted by Crippen LogP contribution is 2.68. The molecule has 8 fully saturated rings. The fourth-order valence-electron chi connectivity index (χ4n) is 8.66. The van der Waals surface area contributed by atoms with Crippen LogP contribution in [0.4, 0.5) is 0 Å². The van der Waals surface area contributed by atoms with E-state index in [1.807, 2.05) is 0 Å². The van der Waals surface area contributed by atoms with E-state index >= 15 is 0 Å². The van der Waals surface area contributed by atoms with Crippen LogP contribution >= 0.6 is 0 Å². The largest absolute Gasteiger partial charge is 0.487 e. The molecule has 4 aliphatic carbocycles. The van der Waals surface area contributed by atoms with Crippen LogP contribution in [0, 0.1) is 11.8 Å². The van der Waals surface area contributed by atoms with Crippen LogP contribution in [0.5, 0.6) is 23.0 Å². The number of hydrogen-bond acceptors (Lipinski definition) is 8. The summed E-state index contributed by atoms with van der Waals surface area (Å²) < 4.78 is 47.7. The van der Waals surface area contributed by atoms with Crippen LogP contribution < -0.4 is 18.9 Å². The molecule has 4 saturated heterocycles. The van der Waals surface area contributed by atoms with Crippen molar-refractivity contribution < 1.29 is 37.9 Å². The van der Waals surface area contributed by atoms with E-state index < -0.39 is 0 Å². The molecule has 4 saturated carbocycles. The minimum absolute atomic E-state index is 0.0227. The van der Waals surface area contributed by atoms with E-state index in [0.29, 0.717) is 38.3 Å². The van der Waals surface area contributed by atoms with Crippen molar-refractivity contribution in [2.24, 2.45) is 11.8 Å². The van der Waals surface area contributed by atoms with Crippen LogP contribution in [0.15, 0.2) is 36.4 Å². The molecule has 2 aromatic rings. The molecule has 4 unspecified atom stereocenters. The second kappa shape index (κ2) is 10.0. The first-order valence-corrected chi connectivity index (χ1v) is 15.9. The Kier molecular flexibility index (Phi) is 6.18. The van der Waals surface area contributed by atoms with Crippen LogP contribution in [0.25, 0.3) is 0 Å². The van der Waals surface area contributed by atoms with Crippen LogP contribution in [0.1, 0.15) is 49.7 Å². The van der Waals surface area contributed by atoms with Crippen LogP contribution in [-0.2, 0) is 29.8 Å². The van der Waals surface area contributed by atoms with Gasteiger partial charge in [0, 0.05) is 22.0 Å². The van der Waals surface area contributed by atoms with Gasteiger partial charge < -0.3 is 37.9 Å². The highest BCUT2D eigenvalue weighted by molar-refractivity contribution is 5.55. The molecule has 4 bridgehead atoms. The van der Waals surface area contributed by atoms with Gasteiger partial charge in [0.1, 0.15) is 50.8 Å². The van der Waals surface area contributed by atoms with E-state index in [4.69, 9.17) is 37.9 Å². The summed E-state index contributed by atoms with van der Waals surface area (Å²) in [6, 6.07) is 13.0. The maximum absolute atomic E-state index is 6.59. The topological polar surface area (TPSA) is 87.0 Å². The predicted molar refractivity (Wildman–Crippen MR) is 152 cm³/mol. The van der Waals surface area contributed by atoms with E-state index in [2.05, 4.69) is 36.4 Å². The lowest BCUT2D eigenvalue weighted by Gasteiger charge is -2.63. The first kappa shape index (κ1) is 25.9. The first-order valence-electron chi connectivity index (χ1n) is 15.9. The zero-order chi connectivity index (χ0) is 27.7. The fraction of sp³-hybridized carbons (Fsp3) is 0.647. The molecular weight excluding hydrogens is 536 g/mol. The third-order valence-electron chi connectivity index (χ3n) is 10.4. The number of para-hydroxylation sites is 2. The molecule has 0 N–H and O–H groups in total. The molecule has 10 rings (SSSR count). The molecule has 8 heteroatoms. The van der Waals surface area contributed by atoms with Gasteiger partial charge in [0.15, 0.2) is 23.0 Å². The van der Waals surface area contributed by atoms with E-state index in [1.54, 1.807) is 0 Å². The molecule has 224 valence electrons. The molecule has 8 nitrogen and oxygen atoms in total. The highest BCUT2D eigenvalue weighted by Gasteiger charge is 2.60. The van der Waals surface area contributed by atoms with Gasteiger partial charge in [-0.05, 0) is 62.5 Å². The lowest BCUT2D eigenvalue weighted by atomic mass is 9.41. The van der Waals surface area contributed by atoms with Gasteiger partial charge in [-0.2, -0.15) is 0 Å². The Hall–Kier alpha value is -2.52. The Balaban J connectivity index is 1.09. The average molecular weight is 577 g/mol. The summed E-state index contributed by atoms with van der Waals surface area (Å²) in [5.41, 5.74) is 2.66. The predicted octanol–water partition coefficient (Wildman–Crippen LogP) is 4.59. The summed E-state index contributed by atoms with van der Waals surface area (Å²) in [5.74, 6) is 4.82.